The first-order valence-corrected chi connectivity index (χ1v) is 5.25. The Kier molecular flexibility index (Phi) is 4.59. The van der Waals surface area contributed by atoms with Crippen molar-refractivity contribution in [2.24, 2.45) is 0 Å². The number of nitrogens with one attached hydrogen (secondary N) is 1. The molecule has 1 aromatic heterocycles. The second-order valence-corrected chi connectivity index (χ2v) is 3.56. The lowest BCUT2D eigenvalue weighted by Crippen LogP contribution is -2.08. The number of nitrogens with zero attached hydrogens (tertiary/aromatic N) is 2. The first-order valence-electron chi connectivity index (χ1n) is 5.25. The predicted molar refractivity (Wildman–Crippen MR) is 55.3 cm³/mol. The van der Waals surface area contributed by atoms with E-state index in [9.17, 15) is 0 Å². The summed E-state index contributed by atoms with van der Waals surface area (Å²) < 4.78 is 5.15. The van der Waals surface area contributed by atoms with E-state index in [1.165, 1.54) is 0 Å². The van der Waals surface area contributed by atoms with Gasteiger partial charge in [0, 0.05) is 12.3 Å². The zero-order valence-corrected chi connectivity index (χ0v) is 9.21. The molecule has 1 rings (SSSR count). The Morgan fingerprint density at radius 1 is 1.50 bits per heavy atom. The van der Waals surface area contributed by atoms with E-state index >= 15 is 0 Å². The highest BCUT2D eigenvalue weighted by atomic mass is 16.5. The molecule has 1 aromatic rings. The van der Waals surface area contributed by atoms with Crippen LogP contribution < -0.4 is 5.32 Å². The van der Waals surface area contributed by atoms with Gasteiger partial charge in [0.2, 0.25) is 5.89 Å². The Labute approximate surface area is 85.1 Å². The molecule has 0 bridgehead atoms. The number of aryl methyl sites for hydroxylation is 1. The highest BCUT2D eigenvalue weighted by Crippen LogP contribution is 2.14. The van der Waals surface area contributed by atoms with E-state index in [1.54, 1.807) is 0 Å². The molecule has 0 fully saturated rings. The van der Waals surface area contributed by atoms with E-state index in [-0.39, 0.29) is 0 Å². The number of hydrogen-bond acceptors (Lipinski definition) is 4. The fourth-order valence-corrected chi connectivity index (χ4v) is 1.17. The maximum absolute atomic E-state index is 5.15. The van der Waals surface area contributed by atoms with E-state index in [4.69, 9.17) is 4.52 Å². The Hall–Kier alpha value is -0.900. The van der Waals surface area contributed by atoms with E-state index in [2.05, 4.69) is 29.3 Å². The molecule has 1 N–H and O–H groups in total. The van der Waals surface area contributed by atoms with Crippen molar-refractivity contribution in [3.63, 3.8) is 0 Å². The van der Waals surface area contributed by atoms with Crippen LogP contribution in [0.25, 0.3) is 0 Å². The van der Waals surface area contributed by atoms with E-state index in [0.717, 1.165) is 37.5 Å². The summed E-state index contributed by atoms with van der Waals surface area (Å²) in [6.45, 7) is 5.23. The van der Waals surface area contributed by atoms with Crippen LogP contribution in [0.1, 0.15) is 44.3 Å². The third-order valence-corrected chi connectivity index (χ3v) is 2.35. The molecule has 0 aliphatic rings. The molecule has 0 aromatic carbocycles. The smallest absolute Gasteiger partial charge is 0.226 e. The molecule has 4 heteroatoms. The molecule has 0 amide bonds. The zero-order chi connectivity index (χ0) is 10.4. The maximum Gasteiger partial charge on any atom is 0.226 e. The Morgan fingerprint density at radius 2 is 2.29 bits per heavy atom. The first kappa shape index (κ1) is 11.2. The molecule has 1 heterocycles. The fourth-order valence-electron chi connectivity index (χ4n) is 1.17. The normalized spacial score (nSPS) is 13.1. The van der Waals surface area contributed by atoms with Crippen molar-refractivity contribution in [2.75, 3.05) is 13.6 Å². The summed E-state index contributed by atoms with van der Waals surface area (Å²) in [5.41, 5.74) is 0. The highest BCUT2D eigenvalue weighted by Gasteiger charge is 2.11. The van der Waals surface area contributed by atoms with E-state index in [0.29, 0.717) is 5.92 Å². The molecule has 14 heavy (non-hydrogen) atoms. The fraction of sp³-hybridized carbons (Fsp3) is 0.800. The second-order valence-electron chi connectivity index (χ2n) is 3.56. The van der Waals surface area contributed by atoms with Gasteiger partial charge in [-0.05, 0) is 26.4 Å². The van der Waals surface area contributed by atoms with Crippen molar-refractivity contribution < 1.29 is 4.52 Å². The summed E-state index contributed by atoms with van der Waals surface area (Å²) >= 11 is 0. The number of aromatic nitrogens is 2. The van der Waals surface area contributed by atoms with Gasteiger partial charge >= 0.3 is 0 Å². The Bertz CT molecular complexity index is 260. The molecular formula is C10H19N3O. The third kappa shape index (κ3) is 3.10. The summed E-state index contributed by atoms with van der Waals surface area (Å²) in [6.07, 6.45) is 2.96. The number of rotatable bonds is 6. The Balaban J connectivity index is 2.42. The van der Waals surface area contributed by atoms with Crippen molar-refractivity contribution in [2.45, 2.75) is 39.0 Å². The number of hydrogen-bond donors (Lipinski definition) is 1. The molecule has 0 spiro atoms. The van der Waals surface area contributed by atoms with Crippen LogP contribution in [-0.4, -0.2) is 23.7 Å². The minimum absolute atomic E-state index is 0.400. The monoisotopic (exact) mass is 197 g/mol. The molecular weight excluding hydrogens is 178 g/mol. The summed E-state index contributed by atoms with van der Waals surface area (Å²) in [7, 11) is 1.94. The van der Waals surface area contributed by atoms with Crippen molar-refractivity contribution in [1.29, 1.82) is 0 Å². The molecule has 0 aliphatic heterocycles. The van der Waals surface area contributed by atoms with Gasteiger partial charge in [0.15, 0.2) is 5.82 Å². The Morgan fingerprint density at radius 3 is 2.93 bits per heavy atom. The quantitative estimate of drug-likeness (QED) is 0.706. The van der Waals surface area contributed by atoms with Gasteiger partial charge in [0.25, 0.3) is 0 Å². The second kappa shape index (κ2) is 5.75. The van der Waals surface area contributed by atoms with Crippen molar-refractivity contribution in [1.82, 2.24) is 15.5 Å². The molecule has 0 aliphatic carbocycles. The first-order chi connectivity index (χ1) is 6.77. The summed E-state index contributed by atoms with van der Waals surface area (Å²) in [4.78, 5) is 4.35. The lowest BCUT2D eigenvalue weighted by Gasteiger charge is -1.98. The molecule has 0 saturated carbocycles. The third-order valence-electron chi connectivity index (χ3n) is 2.35. The summed E-state index contributed by atoms with van der Waals surface area (Å²) in [6, 6.07) is 0. The van der Waals surface area contributed by atoms with Crippen LogP contribution in [0, 0.1) is 0 Å². The zero-order valence-electron chi connectivity index (χ0n) is 9.21. The van der Waals surface area contributed by atoms with Gasteiger partial charge in [-0.3, -0.25) is 0 Å². The van der Waals surface area contributed by atoms with Gasteiger partial charge in [-0.1, -0.05) is 19.0 Å². The summed E-state index contributed by atoms with van der Waals surface area (Å²) in [5, 5.41) is 7.05. The topological polar surface area (TPSA) is 51.0 Å². The molecule has 0 saturated heterocycles. The molecule has 1 unspecified atom stereocenters. The van der Waals surface area contributed by atoms with Crippen LogP contribution in [0.5, 0.6) is 0 Å². The lowest BCUT2D eigenvalue weighted by atomic mass is 10.1. The van der Waals surface area contributed by atoms with Crippen LogP contribution in [0.15, 0.2) is 4.52 Å². The van der Waals surface area contributed by atoms with Crippen LogP contribution in [0.2, 0.25) is 0 Å². The van der Waals surface area contributed by atoms with Crippen molar-refractivity contribution >= 4 is 0 Å². The van der Waals surface area contributed by atoms with E-state index < -0.39 is 0 Å². The van der Waals surface area contributed by atoms with Crippen LogP contribution in [0.3, 0.4) is 0 Å². The van der Waals surface area contributed by atoms with Gasteiger partial charge in [-0.2, -0.15) is 4.98 Å². The maximum atomic E-state index is 5.15. The molecule has 0 radical (unpaired) electrons. The largest absolute Gasteiger partial charge is 0.339 e. The van der Waals surface area contributed by atoms with Crippen LogP contribution in [-0.2, 0) is 6.42 Å². The molecule has 1 atom stereocenters. The summed E-state index contributed by atoms with van der Waals surface area (Å²) in [5.74, 6) is 2.00. The lowest BCUT2D eigenvalue weighted by molar-refractivity contribution is 0.367. The average Bonchev–Trinajstić information content (AvgIpc) is 2.66. The highest BCUT2D eigenvalue weighted by molar-refractivity contribution is 4.93. The van der Waals surface area contributed by atoms with Crippen molar-refractivity contribution in [3.05, 3.63) is 11.7 Å². The standard InChI is InChI=1S/C10H19N3O/c1-4-8(2)10-12-9(14-13-10)6-5-7-11-3/h8,11H,4-7H2,1-3H3. The molecule has 80 valence electrons. The van der Waals surface area contributed by atoms with Gasteiger partial charge in [-0.15, -0.1) is 0 Å². The van der Waals surface area contributed by atoms with E-state index in [1.807, 2.05) is 7.05 Å². The van der Waals surface area contributed by atoms with Gasteiger partial charge in [0.05, 0.1) is 0 Å². The van der Waals surface area contributed by atoms with Crippen LogP contribution >= 0.6 is 0 Å². The average molecular weight is 197 g/mol. The SMILES string of the molecule is CCC(C)c1noc(CCCNC)n1. The minimum atomic E-state index is 0.400. The van der Waals surface area contributed by atoms with Crippen molar-refractivity contribution in [3.8, 4) is 0 Å². The predicted octanol–water partition coefficient (Wildman–Crippen LogP) is 1.74. The molecule has 4 nitrogen and oxygen atoms in total. The minimum Gasteiger partial charge on any atom is -0.339 e. The van der Waals surface area contributed by atoms with Gasteiger partial charge < -0.3 is 9.84 Å². The van der Waals surface area contributed by atoms with Crippen LogP contribution in [0.4, 0.5) is 0 Å². The van der Waals surface area contributed by atoms with Gasteiger partial charge in [-0.25, -0.2) is 0 Å². The van der Waals surface area contributed by atoms with Gasteiger partial charge in [0.1, 0.15) is 0 Å².